The molecular weight excluding hydrogens is 301 g/mol. The van der Waals surface area contributed by atoms with E-state index in [2.05, 4.69) is 4.74 Å². The summed E-state index contributed by atoms with van der Waals surface area (Å²) in [5.41, 5.74) is 1.01. The molecule has 1 rings (SSSR count). The Morgan fingerprint density at radius 2 is 1.91 bits per heavy atom. The van der Waals surface area contributed by atoms with Gasteiger partial charge < -0.3 is 9.47 Å². The van der Waals surface area contributed by atoms with E-state index in [0.29, 0.717) is 13.2 Å². The van der Waals surface area contributed by atoms with Gasteiger partial charge in [0.05, 0.1) is 33.4 Å². The Labute approximate surface area is 136 Å². The average molecular weight is 325 g/mol. The summed E-state index contributed by atoms with van der Waals surface area (Å²) in [4.78, 5) is 24.9. The van der Waals surface area contributed by atoms with Gasteiger partial charge in [0.1, 0.15) is 0 Å². The Balaban J connectivity index is 2.72. The molecule has 0 heterocycles. The fourth-order valence-electron chi connectivity index (χ4n) is 2.27. The number of carbonyl (C=O) groups is 2. The Hall–Kier alpha value is -1.95. The maximum Gasteiger partial charge on any atom is 0.320 e. The number of nitrogens with zero attached hydrogens (tertiary/aromatic N) is 1. The summed E-state index contributed by atoms with van der Waals surface area (Å²) in [6.45, 7) is 2.20. The van der Waals surface area contributed by atoms with Crippen LogP contribution in [0.2, 0.25) is 0 Å². The minimum absolute atomic E-state index is 0.0128. The van der Waals surface area contributed by atoms with Crippen LogP contribution in [0.25, 0.3) is 0 Å². The lowest BCUT2D eigenvalue weighted by molar-refractivity contribution is -0.144. The van der Waals surface area contributed by atoms with Crippen LogP contribution in [-0.4, -0.2) is 50.3 Å². The maximum absolute atomic E-state index is 13.2. The van der Waals surface area contributed by atoms with Gasteiger partial charge in [0.15, 0.2) is 0 Å². The van der Waals surface area contributed by atoms with Crippen molar-refractivity contribution in [2.24, 2.45) is 5.92 Å². The maximum atomic E-state index is 13.2. The van der Waals surface area contributed by atoms with Gasteiger partial charge >= 0.3 is 11.9 Å². The number of hydrogen-bond donors (Lipinski definition) is 0. The smallest absolute Gasteiger partial charge is 0.320 e. The molecule has 0 aliphatic rings. The minimum atomic E-state index is -0.650. The first-order valence-electron chi connectivity index (χ1n) is 7.63. The number of esters is 2. The third-order valence-corrected chi connectivity index (χ3v) is 3.32. The molecule has 0 saturated carbocycles. The molecule has 23 heavy (non-hydrogen) atoms. The van der Waals surface area contributed by atoms with E-state index in [1.54, 1.807) is 11.8 Å². The molecule has 0 aliphatic carbocycles. The molecule has 0 saturated heterocycles. The van der Waals surface area contributed by atoms with Gasteiger partial charge in [-0.15, -0.1) is 0 Å². The van der Waals surface area contributed by atoms with Gasteiger partial charge in [-0.3, -0.25) is 18.9 Å². The van der Waals surface area contributed by atoms with Gasteiger partial charge in [-0.25, -0.2) is 0 Å². The van der Waals surface area contributed by atoms with Crippen molar-refractivity contribution in [3.8, 4) is 0 Å². The second kappa shape index (κ2) is 10.7. The molecule has 0 spiro atoms. The second-order valence-electron chi connectivity index (χ2n) is 5.26. The molecule has 128 valence electrons. The van der Waals surface area contributed by atoms with Crippen molar-refractivity contribution in [2.75, 3.05) is 33.5 Å². The van der Waals surface area contributed by atoms with Crippen LogP contribution < -0.4 is 0 Å². The van der Waals surface area contributed by atoms with Crippen LogP contribution >= 0.6 is 0 Å². The van der Waals surface area contributed by atoms with Crippen molar-refractivity contribution in [3.05, 3.63) is 35.9 Å². The predicted octanol–water partition coefficient (Wildman–Crippen LogP) is 2.20. The number of rotatable bonds is 10. The highest BCUT2D eigenvalue weighted by atomic mass is 19.1. The van der Waals surface area contributed by atoms with Crippen molar-refractivity contribution in [1.82, 2.24) is 4.90 Å². The Morgan fingerprint density at radius 1 is 1.22 bits per heavy atom. The first-order chi connectivity index (χ1) is 11.1. The fourth-order valence-corrected chi connectivity index (χ4v) is 2.27. The van der Waals surface area contributed by atoms with Gasteiger partial charge in [-0.05, 0) is 12.5 Å². The molecule has 1 aromatic rings. The quantitative estimate of drug-likeness (QED) is 0.617. The molecule has 0 aliphatic heterocycles. The van der Waals surface area contributed by atoms with Crippen molar-refractivity contribution in [2.45, 2.75) is 19.9 Å². The molecule has 0 bridgehead atoms. The molecule has 0 amide bonds. The van der Waals surface area contributed by atoms with E-state index in [0.717, 1.165) is 5.56 Å². The largest absolute Gasteiger partial charge is 0.469 e. The van der Waals surface area contributed by atoms with Gasteiger partial charge in [-0.1, -0.05) is 30.3 Å². The summed E-state index contributed by atoms with van der Waals surface area (Å²) < 4.78 is 22.7. The van der Waals surface area contributed by atoms with Crippen LogP contribution in [0.1, 0.15) is 18.9 Å². The van der Waals surface area contributed by atoms with E-state index in [9.17, 15) is 14.0 Å². The highest BCUT2D eigenvalue weighted by Gasteiger charge is 2.20. The highest BCUT2D eigenvalue weighted by molar-refractivity contribution is 5.71. The van der Waals surface area contributed by atoms with Gasteiger partial charge in [0.2, 0.25) is 0 Å². The number of alkyl halides is 1. The summed E-state index contributed by atoms with van der Waals surface area (Å²) in [5.74, 6) is -1.33. The topological polar surface area (TPSA) is 55.8 Å². The molecule has 1 aromatic carbocycles. The average Bonchev–Trinajstić information content (AvgIpc) is 2.55. The number of ether oxygens (including phenoxy) is 2. The van der Waals surface area contributed by atoms with Crippen molar-refractivity contribution in [3.63, 3.8) is 0 Å². The molecule has 0 radical (unpaired) electrons. The Bertz CT molecular complexity index is 481. The number of halogens is 1. The van der Waals surface area contributed by atoms with Crippen LogP contribution in [0, 0.1) is 5.92 Å². The molecular formula is C17H24FNO4. The van der Waals surface area contributed by atoms with E-state index in [-0.39, 0.29) is 25.5 Å². The van der Waals surface area contributed by atoms with E-state index in [1.807, 2.05) is 30.3 Å². The lowest BCUT2D eigenvalue weighted by atomic mass is 10.1. The van der Waals surface area contributed by atoms with E-state index in [4.69, 9.17) is 4.74 Å². The Morgan fingerprint density at radius 3 is 2.48 bits per heavy atom. The van der Waals surface area contributed by atoms with Crippen LogP contribution in [-0.2, 0) is 25.6 Å². The molecule has 1 unspecified atom stereocenters. The zero-order valence-electron chi connectivity index (χ0n) is 13.7. The normalized spacial score (nSPS) is 12.0. The third-order valence-electron chi connectivity index (χ3n) is 3.32. The van der Waals surface area contributed by atoms with E-state index < -0.39 is 18.6 Å². The molecule has 0 N–H and O–H groups in total. The number of benzene rings is 1. The van der Waals surface area contributed by atoms with Crippen LogP contribution in [0.5, 0.6) is 0 Å². The lowest BCUT2D eigenvalue weighted by Crippen LogP contribution is -2.36. The van der Waals surface area contributed by atoms with Crippen molar-refractivity contribution >= 4 is 11.9 Å². The first-order valence-corrected chi connectivity index (χ1v) is 7.63. The predicted molar refractivity (Wildman–Crippen MR) is 84.5 cm³/mol. The summed E-state index contributed by atoms with van der Waals surface area (Å²) >= 11 is 0. The standard InChI is InChI=1S/C17H24FNO4/c1-3-23-17(21)13-19(11-14-7-5-4-6-8-14)12-15(10-18)9-16(20)22-2/h4-8,15H,3,9-13H2,1-2H3. The molecule has 6 heteroatoms. The molecule has 1 atom stereocenters. The zero-order valence-corrected chi connectivity index (χ0v) is 13.7. The summed E-state index contributed by atoms with van der Waals surface area (Å²) in [6.07, 6.45) is -0.0128. The second-order valence-corrected chi connectivity index (χ2v) is 5.26. The van der Waals surface area contributed by atoms with Crippen LogP contribution in [0.15, 0.2) is 30.3 Å². The number of carbonyl (C=O) groups excluding carboxylic acids is 2. The van der Waals surface area contributed by atoms with Crippen molar-refractivity contribution < 1.29 is 23.5 Å². The van der Waals surface area contributed by atoms with Gasteiger partial charge in [0.25, 0.3) is 0 Å². The van der Waals surface area contributed by atoms with E-state index >= 15 is 0 Å². The Kier molecular flexibility index (Phi) is 8.90. The minimum Gasteiger partial charge on any atom is -0.469 e. The van der Waals surface area contributed by atoms with Crippen LogP contribution in [0.3, 0.4) is 0 Å². The van der Waals surface area contributed by atoms with Crippen molar-refractivity contribution in [1.29, 1.82) is 0 Å². The van der Waals surface area contributed by atoms with Gasteiger partial charge in [-0.2, -0.15) is 0 Å². The molecule has 0 fully saturated rings. The highest BCUT2D eigenvalue weighted by Crippen LogP contribution is 2.12. The molecule has 0 aromatic heterocycles. The fraction of sp³-hybridized carbons (Fsp3) is 0.529. The summed E-state index contributed by atoms with van der Waals surface area (Å²) in [5, 5.41) is 0. The summed E-state index contributed by atoms with van der Waals surface area (Å²) in [6, 6.07) is 9.57. The number of hydrogen-bond acceptors (Lipinski definition) is 5. The first kappa shape index (κ1) is 19.1. The molecule has 5 nitrogen and oxygen atoms in total. The third kappa shape index (κ3) is 7.74. The monoisotopic (exact) mass is 325 g/mol. The van der Waals surface area contributed by atoms with E-state index in [1.165, 1.54) is 7.11 Å². The van der Waals surface area contributed by atoms with Crippen LogP contribution in [0.4, 0.5) is 4.39 Å². The number of methoxy groups -OCH3 is 1. The lowest BCUT2D eigenvalue weighted by Gasteiger charge is -2.25. The van der Waals surface area contributed by atoms with Gasteiger partial charge in [0, 0.05) is 19.0 Å². The summed E-state index contributed by atoms with van der Waals surface area (Å²) in [7, 11) is 1.28. The SMILES string of the molecule is CCOC(=O)CN(Cc1ccccc1)CC(CF)CC(=O)OC. The zero-order chi connectivity index (χ0) is 17.1.